The van der Waals surface area contributed by atoms with E-state index in [0.717, 1.165) is 35.7 Å². The van der Waals surface area contributed by atoms with Crippen molar-refractivity contribution in [2.24, 2.45) is 0 Å². The number of anilines is 1. The van der Waals surface area contributed by atoms with Gasteiger partial charge in [-0.2, -0.15) is 5.10 Å². The molecule has 8 heteroatoms. The van der Waals surface area contributed by atoms with Crippen LogP contribution in [0.15, 0.2) is 16.9 Å². The molecule has 1 aliphatic carbocycles. The summed E-state index contributed by atoms with van der Waals surface area (Å²) < 4.78 is 7.82. The van der Waals surface area contributed by atoms with E-state index in [9.17, 15) is 9.59 Å². The molecule has 6 nitrogen and oxygen atoms in total. The number of nitrogens with one attached hydrogen (secondary N) is 1. The third-order valence-corrected chi connectivity index (χ3v) is 5.92. The van der Waals surface area contributed by atoms with Crippen molar-refractivity contribution in [3.63, 3.8) is 0 Å². The molecule has 3 rings (SSSR count). The molecule has 2 aromatic heterocycles. The molecule has 140 valence electrons. The Morgan fingerprint density at radius 2 is 2.04 bits per heavy atom. The van der Waals surface area contributed by atoms with E-state index in [0.29, 0.717) is 10.6 Å². The molecule has 1 aliphatic rings. The zero-order chi connectivity index (χ0) is 18.8. The van der Waals surface area contributed by atoms with Gasteiger partial charge in [0, 0.05) is 11.1 Å². The highest BCUT2D eigenvalue weighted by molar-refractivity contribution is 9.10. The fraction of sp³-hybridized carbons (Fsp3) is 0.500. The summed E-state index contributed by atoms with van der Waals surface area (Å²) in [5.41, 5.74) is 1.57. The SMILES string of the molecule is CC(C)OC(=O)c1c(NC(=O)C(C)n2cc(Br)cn2)sc2c1CCCC2. The highest BCUT2D eigenvalue weighted by atomic mass is 79.9. The van der Waals surface area contributed by atoms with Crippen LogP contribution in [-0.4, -0.2) is 27.8 Å². The normalized spacial score (nSPS) is 14.8. The van der Waals surface area contributed by atoms with Crippen molar-refractivity contribution < 1.29 is 14.3 Å². The highest BCUT2D eigenvalue weighted by Gasteiger charge is 2.29. The second-order valence-electron chi connectivity index (χ2n) is 6.67. The quantitative estimate of drug-likeness (QED) is 0.702. The van der Waals surface area contributed by atoms with Crippen LogP contribution in [0.25, 0.3) is 0 Å². The fourth-order valence-electron chi connectivity index (χ4n) is 3.01. The van der Waals surface area contributed by atoms with Crippen molar-refractivity contribution in [1.29, 1.82) is 0 Å². The van der Waals surface area contributed by atoms with Gasteiger partial charge in [-0.05, 0) is 67.9 Å². The number of amides is 1. The van der Waals surface area contributed by atoms with Crippen molar-refractivity contribution in [3.05, 3.63) is 32.9 Å². The molecule has 2 aromatic rings. The molecule has 1 unspecified atom stereocenters. The number of nitrogens with zero attached hydrogens (tertiary/aromatic N) is 2. The average Bonchev–Trinajstić information content (AvgIpc) is 3.16. The lowest BCUT2D eigenvalue weighted by Crippen LogP contribution is -2.25. The van der Waals surface area contributed by atoms with Gasteiger partial charge in [0.1, 0.15) is 11.0 Å². The number of halogens is 1. The van der Waals surface area contributed by atoms with Gasteiger partial charge in [0.25, 0.3) is 0 Å². The van der Waals surface area contributed by atoms with Crippen LogP contribution in [-0.2, 0) is 22.4 Å². The van der Waals surface area contributed by atoms with E-state index in [1.165, 1.54) is 16.2 Å². The Labute approximate surface area is 165 Å². The summed E-state index contributed by atoms with van der Waals surface area (Å²) in [6.07, 6.45) is 7.14. The van der Waals surface area contributed by atoms with Gasteiger partial charge < -0.3 is 10.1 Å². The molecule has 1 N–H and O–H groups in total. The number of thiophene rings is 1. The molecular weight excluding hydrogens is 418 g/mol. The molecule has 0 saturated carbocycles. The molecule has 0 radical (unpaired) electrons. The summed E-state index contributed by atoms with van der Waals surface area (Å²) in [5, 5.41) is 7.68. The Bertz CT molecular complexity index is 828. The van der Waals surface area contributed by atoms with E-state index in [2.05, 4.69) is 26.3 Å². The monoisotopic (exact) mass is 439 g/mol. The van der Waals surface area contributed by atoms with Crippen molar-refractivity contribution in [1.82, 2.24) is 9.78 Å². The molecule has 0 aromatic carbocycles. The first-order valence-electron chi connectivity index (χ1n) is 8.73. The summed E-state index contributed by atoms with van der Waals surface area (Å²) >= 11 is 4.83. The van der Waals surface area contributed by atoms with Crippen molar-refractivity contribution >= 4 is 44.1 Å². The number of esters is 1. The van der Waals surface area contributed by atoms with Crippen LogP contribution in [0.4, 0.5) is 5.00 Å². The molecule has 0 spiro atoms. The van der Waals surface area contributed by atoms with E-state index in [-0.39, 0.29) is 18.0 Å². The summed E-state index contributed by atoms with van der Waals surface area (Å²) in [4.78, 5) is 26.5. The van der Waals surface area contributed by atoms with Crippen LogP contribution < -0.4 is 5.32 Å². The second-order valence-corrected chi connectivity index (χ2v) is 8.69. The molecule has 1 amide bonds. The Balaban J connectivity index is 1.87. The Morgan fingerprint density at radius 3 is 2.69 bits per heavy atom. The van der Waals surface area contributed by atoms with Gasteiger partial charge >= 0.3 is 5.97 Å². The van der Waals surface area contributed by atoms with Gasteiger partial charge in [0.05, 0.1) is 22.3 Å². The van der Waals surface area contributed by atoms with Gasteiger partial charge in [0.15, 0.2) is 0 Å². The largest absolute Gasteiger partial charge is 0.459 e. The molecule has 0 bridgehead atoms. The van der Waals surface area contributed by atoms with E-state index < -0.39 is 6.04 Å². The topological polar surface area (TPSA) is 73.2 Å². The molecule has 0 fully saturated rings. The number of hydrogen-bond acceptors (Lipinski definition) is 5. The van der Waals surface area contributed by atoms with E-state index in [4.69, 9.17) is 4.74 Å². The first-order chi connectivity index (χ1) is 12.4. The van der Waals surface area contributed by atoms with E-state index in [1.54, 1.807) is 24.0 Å². The van der Waals surface area contributed by atoms with E-state index >= 15 is 0 Å². The van der Waals surface area contributed by atoms with Crippen molar-refractivity contribution in [2.45, 2.75) is 58.6 Å². The van der Waals surface area contributed by atoms with Crippen LogP contribution in [0.3, 0.4) is 0 Å². The van der Waals surface area contributed by atoms with Crippen molar-refractivity contribution in [2.75, 3.05) is 5.32 Å². The Kier molecular flexibility index (Phi) is 5.82. The maximum Gasteiger partial charge on any atom is 0.341 e. The molecular formula is C18H22BrN3O3S. The number of aromatic nitrogens is 2. The number of fused-ring (bicyclic) bond motifs is 1. The molecule has 0 aliphatic heterocycles. The van der Waals surface area contributed by atoms with Crippen molar-refractivity contribution in [3.8, 4) is 0 Å². The van der Waals surface area contributed by atoms with Crippen LogP contribution >= 0.6 is 27.3 Å². The Morgan fingerprint density at radius 1 is 1.31 bits per heavy atom. The maximum atomic E-state index is 12.7. The number of aryl methyl sites for hydroxylation is 1. The third kappa shape index (κ3) is 4.01. The standard InChI is InChI=1S/C18H22BrN3O3S/c1-10(2)25-18(24)15-13-6-4-5-7-14(13)26-17(15)21-16(23)11(3)22-9-12(19)8-20-22/h8-11H,4-7H2,1-3H3,(H,21,23). The van der Waals surface area contributed by atoms with Gasteiger partial charge in [0.2, 0.25) is 5.91 Å². The maximum absolute atomic E-state index is 12.7. The minimum atomic E-state index is -0.491. The lowest BCUT2D eigenvalue weighted by Gasteiger charge is -2.15. The highest BCUT2D eigenvalue weighted by Crippen LogP contribution is 2.39. The molecule has 26 heavy (non-hydrogen) atoms. The minimum Gasteiger partial charge on any atom is -0.459 e. The summed E-state index contributed by atoms with van der Waals surface area (Å²) in [6, 6.07) is -0.491. The van der Waals surface area contributed by atoms with Gasteiger partial charge in [-0.3, -0.25) is 9.48 Å². The smallest absolute Gasteiger partial charge is 0.341 e. The minimum absolute atomic E-state index is 0.203. The zero-order valence-electron chi connectivity index (χ0n) is 15.0. The zero-order valence-corrected chi connectivity index (χ0v) is 17.4. The summed E-state index contributed by atoms with van der Waals surface area (Å²) in [6.45, 7) is 5.42. The Hall–Kier alpha value is -1.67. The first kappa shape index (κ1) is 19.1. The molecule has 2 heterocycles. The second kappa shape index (κ2) is 7.92. The van der Waals surface area contributed by atoms with Gasteiger partial charge in [-0.1, -0.05) is 0 Å². The van der Waals surface area contributed by atoms with Crippen LogP contribution in [0.1, 0.15) is 60.5 Å². The van der Waals surface area contributed by atoms with E-state index in [1.807, 2.05) is 13.8 Å². The lowest BCUT2D eigenvalue weighted by atomic mass is 9.95. The fourth-order valence-corrected chi connectivity index (χ4v) is 4.59. The third-order valence-electron chi connectivity index (χ3n) is 4.30. The summed E-state index contributed by atoms with van der Waals surface area (Å²) in [5.74, 6) is -0.568. The van der Waals surface area contributed by atoms with Crippen LogP contribution in [0.2, 0.25) is 0 Å². The summed E-state index contributed by atoms with van der Waals surface area (Å²) in [7, 11) is 0. The van der Waals surface area contributed by atoms with Gasteiger partial charge in [-0.15, -0.1) is 11.3 Å². The van der Waals surface area contributed by atoms with Crippen LogP contribution in [0.5, 0.6) is 0 Å². The number of rotatable bonds is 5. The lowest BCUT2D eigenvalue weighted by molar-refractivity contribution is -0.119. The number of carbonyl (C=O) groups is 2. The average molecular weight is 440 g/mol. The van der Waals surface area contributed by atoms with Gasteiger partial charge in [-0.25, -0.2) is 4.79 Å². The number of ether oxygens (including phenoxy) is 1. The molecule has 1 atom stereocenters. The van der Waals surface area contributed by atoms with Crippen LogP contribution in [0, 0.1) is 0 Å². The first-order valence-corrected chi connectivity index (χ1v) is 10.3. The number of carbonyl (C=O) groups excluding carboxylic acids is 2. The predicted molar refractivity (Wildman–Crippen MR) is 105 cm³/mol. The molecule has 0 saturated heterocycles. The predicted octanol–water partition coefficient (Wildman–Crippen LogP) is 4.35. The number of hydrogen-bond donors (Lipinski definition) is 1.